The number of nitrogens with zero attached hydrogens (tertiary/aromatic N) is 3. The number of halogens is 2. The van der Waals surface area contributed by atoms with Gasteiger partial charge in [0.15, 0.2) is 0 Å². The molecule has 510 valence electrons. The summed E-state index contributed by atoms with van der Waals surface area (Å²) in [6.07, 6.45) is 52.2. The van der Waals surface area contributed by atoms with Crippen LogP contribution in [0.2, 0.25) is 0 Å². The van der Waals surface area contributed by atoms with Crippen molar-refractivity contribution in [2.75, 3.05) is 13.2 Å². The van der Waals surface area contributed by atoms with Crippen LogP contribution in [0.25, 0.3) is 49.8 Å². The van der Waals surface area contributed by atoms with E-state index in [2.05, 4.69) is 173 Å². The molecular formula is C85H120Cl2CoN3O2. The second kappa shape index (κ2) is 49.8. The summed E-state index contributed by atoms with van der Waals surface area (Å²) in [6.45, 7) is 10.4. The zero-order valence-corrected chi connectivity index (χ0v) is 60.8. The molecule has 2 unspecified atom stereocenters. The molecule has 0 amide bonds. The van der Waals surface area contributed by atoms with Gasteiger partial charge in [0.25, 0.3) is 0 Å². The third-order valence-corrected chi connectivity index (χ3v) is 18.9. The minimum absolute atomic E-state index is 0.00976. The van der Waals surface area contributed by atoms with E-state index in [-0.39, 0.29) is 12.1 Å². The molecule has 0 radical (unpaired) electrons. The Bertz CT molecular complexity index is 2590. The Kier molecular flexibility index (Phi) is 41.4. The zero-order chi connectivity index (χ0) is 65.4. The molecule has 1 fully saturated rings. The second-order valence-electron chi connectivity index (χ2n) is 26.6. The molecule has 8 heteroatoms. The molecule has 0 aliphatic carbocycles. The Morgan fingerprint density at radius 1 is 0.355 bits per heavy atom. The third-order valence-electron chi connectivity index (χ3n) is 18.9. The molecule has 0 N–H and O–H groups in total. The molecule has 5 nitrogen and oxygen atoms in total. The molecule has 2 atom stereocenters. The standard InChI is InChI=1S/C85H120N3O2.2ClH.Co/c1-5-7-9-11-13-15-17-19-21-23-25-27-29-31-33-35-37-51-64-89-84-78(72-54-43-39-44-55-72)66-76(67-79(84)73-56-45-40-46-57-73)86-70(3)82-62-53-63-83(88-82)71(4)87-77-68-80(74-58-47-41-48-59-74)85(81(69-77)75-60-49-42-50-61-75)90-65-52-38-36-34-32-30-28-26-24-22-20-18-16-14-12-10-8-6-2;;;/h39-50,54-61,66-69,82-83H,5-38,51-53,62-65H2,1-4H3;2*1H;/q-1;;;+3/p-2. The van der Waals surface area contributed by atoms with Crippen LogP contribution in [0.1, 0.15) is 278 Å². The molecule has 93 heavy (non-hydrogen) atoms. The number of rotatable bonds is 48. The number of hydrogen-bond donors (Lipinski definition) is 0. The number of unbranched alkanes of at least 4 members (excludes halogenated alkanes) is 34. The molecule has 7 rings (SSSR count). The predicted molar refractivity (Wildman–Crippen MR) is 405 cm³/mol. The molecule has 6 aromatic carbocycles. The summed E-state index contributed by atoms with van der Waals surface area (Å²) in [4.78, 5) is 10.9. The molecule has 1 heterocycles. The fourth-order valence-electron chi connectivity index (χ4n) is 13.4. The van der Waals surface area contributed by atoms with Crippen molar-refractivity contribution >= 4 is 43.1 Å². The second-order valence-corrected chi connectivity index (χ2v) is 28.3. The number of benzene rings is 6. The van der Waals surface area contributed by atoms with Crippen LogP contribution < -0.4 is 9.47 Å². The summed E-state index contributed by atoms with van der Waals surface area (Å²) in [7, 11) is 9.47. The van der Waals surface area contributed by atoms with Crippen LogP contribution in [0, 0.1) is 0 Å². The van der Waals surface area contributed by atoms with E-state index in [1.807, 2.05) is 0 Å². The molecule has 0 saturated carbocycles. The van der Waals surface area contributed by atoms with Gasteiger partial charge in [-0.1, -0.05) is 385 Å². The van der Waals surface area contributed by atoms with Crippen molar-refractivity contribution in [1.82, 2.24) is 0 Å². The first kappa shape index (κ1) is 77.3. The van der Waals surface area contributed by atoms with Crippen molar-refractivity contribution in [3.63, 3.8) is 0 Å². The predicted octanol–water partition coefficient (Wildman–Crippen LogP) is 28.8. The molecule has 1 saturated heterocycles. The first-order valence-electron chi connectivity index (χ1n) is 37.4. The third kappa shape index (κ3) is 30.9. The van der Waals surface area contributed by atoms with E-state index < -0.39 is 0 Å². The van der Waals surface area contributed by atoms with Gasteiger partial charge in [-0.3, -0.25) is 9.98 Å². The zero-order valence-electron chi connectivity index (χ0n) is 58.2. The summed E-state index contributed by atoms with van der Waals surface area (Å²) < 4.78 is 13.8. The van der Waals surface area contributed by atoms with Gasteiger partial charge in [-0.05, 0) is 84.6 Å². The normalized spacial score (nSPS) is 14.3. The van der Waals surface area contributed by atoms with E-state index in [4.69, 9.17) is 45.1 Å². The van der Waals surface area contributed by atoms with E-state index in [0.29, 0.717) is 26.1 Å². The summed E-state index contributed by atoms with van der Waals surface area (Å²) in [5.74, 6) is 1.88. The van der Waals surface area contributed by atoms with Crippen LogP contribution in [0.4, 0.5) is 11.4 Å². The summed E-state index contributed by atoms with van der Waals surface area (Å²) in [5, 5.41) is 5.55. The van der Waals surface area contributed by atoms with Crippen LogP contribution in [-0.4, -0.2) is 36.7 Å². The average Bonchev–Trinajstić information content (AvgIpc) is 0.844. The van der Waals surface area contributed by atoms with Gasteiger partial charge in [0.05, 0.1) is 24.6 Å². The Morgan fingerprint density at radius 3 is 0.796 bits per heavy atom. The summed E-state index contributed by atoms with van der Waals surface area (Å²) >= 11 is 0.382. The van der Waals surface area contributed by atoms with Crippen LogP contribution in [0.15, 0.2) is 156 Å². The van der Waals surface area contributed by atoms with Crippen LogP contribution in [0.3, 0.4) is 0 Å². The average molecular weight is 1350 g/mol. The van der Waals surface area contributed by atoms with Crippen molar-refractivity contribution in [3.05, 3.63) is 151 Å². The number of hydrogen-bond acceptors (Lipinski definition) is 4. The van der Waals surface area contributed by atoms with E-state index in [0.717, 1.165) is 111 Å². The van der Waals surface area contributed by atoms with Crippen LogP contribution >= 0.6 is 20.3 Å². The minimum atomic E-state index is -0.00976. The molecule has 0 bridgehead atoms. The van der Waals surface area contributed by atoms with E-state index in [1.54, 1.807) is 0 Å². The van der Waals surface area contributed by atoms with Crippen molar-refractivity contribution in [1.29, 1.82) is 0 Å². The van der Waals surface area contributed by atoms with Gasteiger partial charge in [0, 0.05) is 22.3 Å². The van der Waals surface area contributed by atoms with Crippen molar-refractivity contribution in [2.45, 2.75) is 290 Å². The molecule has 1 aliphatic heterocycles. The molecule has 0 aromatic heterocycles. The number of ether oxygens (including phenoxy) is 2. The van der Waals surface area contributed by atoms with Gasteiger partial charge in [-0.2, -0.15) is 0 Å². The summed E-state index contributed by atoms with van der Waals surface area (Å²) in [5.41, 5.74) is 12.8. The van der Waals surface area contributed by atoms with Gasteiger partial charge in [0.2, 0.25) is 0 Å². The van der Waals surface area contributed by atoms with Gasteiger partial charge in [0.1, 0.15) is 11.5 Å². The monoisotopic (exact) mass is 1340 g/mol. The van der Waals surface area contributed by atoms with Gasteiger partial charge in [-0.25, -0.2) is 0 Å². The maximum absolute atomic E-state index is 6.92. The Hall–Kier alpha value is -4.69. The van der Waals surface area contributed by atoms with Crippen molar-refractivity contribution in [2.24, 2.45) is 9.98 Å². The Balaban J connectivity index is 0.00000448. The van der Waals surface area contributed by atoms with Gasteiger partial charge in [-0.15, -0.1) is 0 Å². The summed E-state index contributed by atoms with van der Waals surface area (Å²) in [6, 6.07) is 51.9. The number of piperidine rings is 1. The number of aliphatic imine (C=N–C) groups is 2. The maximum atomic E-state index is 6.92. The van der Waals surface area contributed by atoms with Gasteiger partial charge < -0.3 is 14.8 Å². The Morgan fingerprint density at radius 2 is 0.570 bits per heavy atom. The van der Waals surface area contributed by atoms with E-state index in [1.165, 1.54) is 218 Å². The first-order chi connectivity index (χ1) is 45.9. The Labute approximate surface area is 581 Å². The van der Waals surface area contributed by atoms with Crippen molar-refractivity contribution < 1.29 is 22.4 Å². The fourth-order valence-corrected chi connectivity index (χ4v) is 13.4. The first-order valence-corrected chi connectivity index (χ1v) is 40.3. The van der Waals surface area contributed by atoms with E-state index >= 15 is 0 Å². The van der Waals surface area contributed by atoms with Crippen LogP contribution in [0.5, 0.6) is 11.5 Å². The molecule has 6 aromatic rings. The van der Waals surface area contributed by atoms with E-state index in [9.17, 15) is 0 Å². The fraction of sp³-hybridized carbons (Fsp3) is 0.553. The SMILES string of the molecule is CCCCCCCCCCCCCCCCCCCCOc1c(-c2ccccc2)cc(N=C(C)C2CCCC(C(C)=Nc3cc(-c4ccccc4)c(OCCCCCCCCCCCCCCCCCCCC)c(-c4ccccc4)c3)[N-]2)cc1-c1ccccc1.[Cl][Co+][Cl]. The topological polar surface area (TPSA) is 57.3 Å². The molecular weight excluding hydrogens is 1220 g/mol. The molecule has 1 aliphatic rings. The van der Waals surface area contributed by atoms with Crippen LogP contribution in [-0.2, 0) is 12.9 Å². The molecule has 0 spiro atoms. The quantitative estimate of drug-likeness (QED) is 0.0282. The van der Waals surface area contributed by atoms with Gasteiger partial charge >= 0.3 is 33.2 Å². The van der Waals surface area contributed by atoms with Crippen molar-refractivity contribution in [3.8, 4) is 56.0 Å².